The molecule has 4 atom stereocenters. The Labute approximate surface area is 203 Å². The Hall–Kier alpha value is -3.74. The van der Waals surface area contributed by atoms with Crippen LogP contribution in [0.1, 0.15) is 39.1 Å². The number of H-pyrrole nitrogens is 2. The average Bonchev–Trinajstić information content (AvgIpc) is 3.48. The maximum Gasteiger partial charge on any atom is 0.326 e. The van der Waals surface area contributed by atoms with Gasteiger partial charge in [-0.15, -0.1) is 0 Å². The lowest BCUT2D eigenvalue weighted by Gasteiger charge is -2.27. The van der Waals surface area contributed by atoms with Crippen molar-refractivity contribution >= 4 is 23.7 Å². The molecule has 0 saturated heterocycles. The second kappa shape index (κ2) is 12.6. The van der Waals surface area contributed by atoms with Crippen LogP contribution < -0.4 is 21.7 Å². The zero-order valence-electron chi connectivity index (χ0n) is 20.2. The lowest BCUT2D eigenvalue weighted by molar-refractivity contribution is -0.143. The molecule has 0 aliphatic carbocycles. The van der Waals surface area contributed by atoms with Gasteiger partial charge in [0.2, 0.25) is 17.7 Å². The Bertz CT molecular complexity index is 974. The quantitative estimate of drug-likeness (QED) is 0.187. The maximum absolute atomic E-state index is 13.2. The third kappa shape index (κ3) is 8.21. The molecule has 192 valence electrons. The summed E-state index contributed by atoms with van der Waals surface area (Å²) < 4.78 is 0. The number of aromatic amines is 2. The van der Waals surface area contributed by atoms with E-state index in [-0.39, 0.29) is 24.7 Å². The van der Waals surface area contributed by atoms with Gasteiger partial charge in [0.25, 0.3) is 0 Å². The smallest absolute Gasteiger partial charge is 0.326 e. The lowest BCUT2D eigenvalue weighted by atomic mass is 10.0. The van der Waals surface area contributed by atoms with Gasteiger partial charge in [0, 0.05) is 36.6 Å². The fraction of sp³-hybridized carbons (Fsp3) is 0.545. The summed E-state index contributed by atoms with van der Waals surface area (Å²) in [6.07, 6.45) is 6.21. The SMILES string of the molecule is CC(C)C(NC(=O)C(Cc1cnc[nH]1)NC(=O)C(NC(=O)C(N)Cc1cnc[nH]1)C(C)C)C(=O)O. The fourth-order valence-corrected chi connectivity index (χ4v) is 3.38. The van der Waals surface area contributed by atoms with Crippen LogP contribution in [0.5, 0.6) is 0 Å². The van der Waals surface area contributed by atoms with Gasteiger partial charge < -0.3 is 36.8 Å². The number of aromatic nitrogens is 4. The number of nitrogens with one attached hydrogen (secondary N) is 5. The van der Waals surface area contributed by atoms with E-state index < -0.39 is 47.9 Å². The summed E-state index contributed by atoms with van der Waals surface area (Å²) in [5.41, 5.74) is 7.22. The Morgan fingerprint density at radius 3 is 1.80 bits per heavy atom. The molecule has 2 heterocycles. The van der Waals surface area contributed by atoms with Crippen LogP contribution in [0, 0.1) is 11.8 Å². The third-order valence-corrected chi connectivity index (χ3v) is 5.42. The second-order valence-electron chi connectivity index (χ2n) is 9.03. The van der Waals surface area contributed by atoms with E-state index in [2.05, 4.69) is 35.9 Å². The molecular formula is C22H34N8O5. The molecule has 35 heavy (non-hydrogen) atoms. The van der Waals surface area contributed by atoms with Crippen molar-refractivity contribution in [2.75, 3.05) is 0 Å². The molecular weight excluding hydrogens is 456 g/mol. The Balaban J connectivity index is 2.13. The van der Waals surface area contributed by atoms with Crippen molar-refractivity contribution in [1.82, 2.24) is 35.9 Å². The molecule has 2 rings (SSSR count). The van der Waals surface area contributed by atoms with Crippen LogP contribution in [-0.2, 0) is 32.0 Å². The normalized spacial score (nSPS) is 14.7. The molecule has 0 aliphatic heterocycles. The van der Waals surface area contributed by atoms with Crippen molar-refractivity contribution in [3.8, 4) is 0 Å². The average molecular weight is 491 g/mol. The first-order valence-corrected chi connectivity index (χ1v) is 11.3. The molecule has 0 saturated carbocycles. The summed E-state index contributed by atoms with van der Waals surface area (Å²) in [6.45, 7) is 6.82. The van der Waals surface area contributed by atoms with Crippen LogP contribution in [0.15, 0.2) is 25.0 Å². The first-order chi connectivity index (χ1) is 16.5. The Kier molecular flexibility index (Phi) is 9.94. The van der Waals surface area contributed by atoms with Crippen molar-refractivity contribution in [3.63, 3.8) is 0 Å². The molecule has 13 heteroatoms. The van der Waals surface area contributed by atoms with Gasteiger partial charge in [-0.05, 0) is 11.8 Å². The van der Waals surface area contributed by atoms with Gasteiger partial charge in [0.05, 0.1) is 18.7 Å². The Morgan fingerprint density at radius 2 is 1.34 bits per heavy atom. The van der Waals surface area contributed by atoms with E-state index in [9.17, 15) is 24.3 Å². The molecule has 8 N–H and O–H groups in total. The van der Waals surface area contributed by atoms with E-state index in [4.69, 9.17) is 5.73 Å². The first-order valence-electron chi connectivity index (χ1n) is 11.3. The van der Waals surface area contributed by atoms with Crippen LogP contribution in [0.25, 0.3) is 0 Å². The van der Waals surface area contributed by atoms with E-state index in [0.29, 0.717) is 11.4 Å². The highest BCUT2D eigenvalue weighted by atomic mass is 16.4. The molecule has 0 spiro atoms. The van der Waals surface area contributed by atoms with Crippen molar-refractivity contribution in [2.45, 2.75) is 64.7 Å². The fourth-order valence-electron chi connectivity index (χ4n) is 3.38. The van der Waals surface area contributed by atoms with Gasteiger partial charge >= 0.3 is 5.97 Å². The lowest BCUT2D eigenvalue weighted by Crippen LogP contribution is -2.59. The largest absolute Gasteiger partial charge is 0.480 e. The number of hydrogen-bond acceptors (Lipinski definition) is 7. The number of amides is 3. The molecule has 0 radical (unpaired) electrons. The zero-order valence-corrected chi connectivity index (χ0v) is 20.2. The number of carbonyl (C=O) groups is 4. The van der Waals surface area contributed by atoms with E-state index in [1.165, 1.54) is 18.9 Å². The monoisotopic (exact) mass is 490 g/mol. The highest BCUT2D eigenvalue weighted by Gasteiger charge is 2.32. The van der Waals surface area contributed by atoms with Crippen LogP contribution >= 0.6 is 0 Å². The molecule has 0 aromatic carbocycles. The summed E-state index contributed by atoms with van der Waals surface area (Å²) in [5.74, 6) is -3.68. The van der Waals surface area contributed by atoms with Gasteiger partial charge in [-0.25, -0.2) is 14.8 Å². The zero-order chi connectivity index (χ0) is 26.1. The van der Waals surface area contributed by atoms with E-state index in [1.54, 1.807) is 33.9 Å². The summed E-state index contributed by atoms with van der Waals surface area (Å²) in [5, 5.41) is 17.2. The summed E-state index contributed by atoms with van der Waals surface area (Å²) >= 11 is 0. The van der Waals surface area contributed by atoms with Crippen LogP contribution in [-0.4, -0.2) is 72.9 Å². The number of rotatable bonds is 13. The number of aliphatic carboxylic acids is 1. The Morgan fingerprint density at radius 1 is 0.829 bits per heavy atom. The summed E-state index contributed by atoms with van der Waals surface area (Å²) in [4.78, 5) is 63.9. The van der Waals surface area contributed by atoms with Crippen LogP contribution in [0.3, 0.4) is 0 Å². The topological polar surface area (TPSA) is 208 Å². The van der Waals surface area contributed by atoms with E-state index in [1.807, 2.05) is 0 Å². The number of imidazole rings is 2. The van der Waals surface area contributed by atoms with Crippen molar-refractivity contribution < 1.29 is 24.3 Å². The molecule has 0 fully saturated rings. The van der Waals surface area contributed by atoms with Gasteiger partial charge in [-0.2, -0.15) is 0 Å². The van der Waals surface area contributed by atoms with Gasteiger partial charge in [0.1, 0.15) is 18.1 Å². The standard InChI is InChI=1S/C22H34N8O5/c1-11(2)17(29-19(31)15(23)5-13-7-24-9-26-13)21(33)28-16(6-14-8-25-10-27-14)20(32)30-18(12(3)4)22(34)35/h7-12,15-18H,5-6,23H2,1-4H3,(H,24,26)(H,25,27)(H,28,33)(H,29,31)(H,30,32)(H,34,35). The minimum absolute atomic E-state index is 0.0418. The minimum Gasteiger partial charge on any atom is -0.480 e. The number of carbonyl (C=O) groups excluding carboxylic acids is 3. The van der Waals surface area contributed by atoms with E-state index >= 15 is 0 Å². The second-order valence-corrected chi connectivity index (χ2v) is 9.03. The van der Waals surface area contributed by atoms with Gasteiger partial charge in [-0.1, -0.05) is 27.7 Å². The maximum atomic E-state index is 13.2. The number of hydrogen-bond donors (Lipinski definition) is 7. The summed E-state index contributed by atoms with van der Waals surface area (Å²) in [7, 11) is 0. The number of nitrogens with zero attached hydrogens (tertiary/aromatic N) is 2. The molecule has 4 unspecified atom stereocenters. The number of nitrogens with two attached hydrogens (primary N) is 1. The molecule has 13 nitrogen and oxygen atoms in total. The molecule has 2 aromatic heterocycles. The van der Waals surface area contributed by atoms with Crippen LogP contribution in [0.2, 0.25) is 0 Å². The van der Waals surface area contributed by atoms with Crippen molar-refractivity contribution in [2.24, 2.45) is 17.6 Å². The molecule has 2 aromatic rings. The van der Waals surface area contributed by atoms with Gasteiger partial charge in [-0.3, -0.25) is 14.4 Å². The number of carboxylic acid groups (broad SMARTS) is 1. The highest BCUT2D eigenvalue weighted by molar-refractivity contribution is 5.94. The molecule has 3 amide bonds. The predicted octanol–water partition coefficient (Wildman–Crippen LogP) is -0.904. The third-order valence-electron chi connectivity index (χ3n) is 5.42. The summed E-state index contributed by atoms with van der Waals surface area (Å²) in [6, 6.07) is -4.14. The predicted molar refractivity (Wildman–Crippen MR) is 126 cm³/mol. The highest BCUT2D eigenvalue weighted by Crippen LogP contribution is 2.08. The molecule has 0 bridgehead atoms. The van der Waals surface area contributed by atoms with Gasteiger partial charge in [0.15, 0.2) is 0 Å². The van der Waals surface area contributed by atoms with Crippen LogP contribution in [0.4, 0.5) is 0 Å². The first kappa shape index (κ1) is 27.5. The van der Waals surface area contributed by atoms with Crippen molar-refractivity contribution in [1.29, 1.82) is 0 Å². The number of carboxylic acids is 1. The minimum atomic E-state index is -1.18. The van der Waals surface area contributed by atoms with Crippen molar-refractivity contribution in [3.05, 3.63) is 36.4 Å². The molecule has 0 aliphatic rings. The van der Waals surface area contributed by atoms with E-state index in [0.717, 1.165) is 0 Å².